The predicted molar refractivity (Wildman–Crippen MR) is 55.4 cm³/mol. The van der Waals surface area contributed by atoms with Gasteiger partial charge in [0.05, 0.1) is 0 Å². The molecule has 1 heteroatoms. The fraction of sp³-hybridized carbons (Fsp3) is 0.167. The van der Waals surface area contributed by atoms with Gasteiger partial charge in [0.1, 0.15) is 0 Å². The van der Waals surface area contributed by atoms with Crippen LogP contribution in [0.1, 0.15) is 24.0 Å². The van der Waals surface area contributed by atoms with Crippen LogP contribution >= 0.6 is 0 Å². The van der Waals surface area contributed by atoms with Gasteiger partial charge in [0.25, 0.3) is 0 Å². The van der Waals surface area contributed by atoms with Crippen LogP contribution in [0.15, 0.2) is 24.3 Å². The molecule has 2 rings (SSSR count). The Hall–Kier alpha value is -0.157. The van der Waals surface area contributed by atoms with Crippen LogP contribution < -0.4 is 0 Å². The summed E-state index contributed by atoms with van der Waals surface area (Å²) in [6.45, 7) is 2.17. The van der Waals surface area contributed by atoms with Crippen molar-refractivity contribution >= 4 is 6.08 Å². The smallest absolute Gasteiger partial charge is 0.358 e. The molecular weight excluding hydrogens is 235 g/mol. The van der Waals surface area contributed by atoms with Gasteiger partial charge in [0.15, 0.2) is 0 Å². The normalized spacial score (nSPS) is 16.2. The molecule has 0 amide bonds. The number of hydrogen-bond donors (Lipinski definition) is 0. The first-order valence-electron chi connectivity index (χ1n) is 3.56. The second-order valence-electron chi connectivity index (χ2n) is 2.66. The molecule has 67 valence electrons. The van der Waals surface area contributed by atoms with E-state index in [2.05, 4.69) is 43.3 Å². The first-order valence-corrected chi connectivity index (χ1v) is 3.56. The summed E-state index contributed by atoms with van der Waals surface area (Å²) in [5.74, 6) is 0.496. The maximum Gasteiger partial charge on any atom is 3.00 e. The monoisotopic (exact) mass is 249 g/mol. The van der Waals surface area contributed by atoms with Crippen LogP contribution in [0.4, 0.5) is 0 Å². The fourth-order valence-electron chi connectivity index (χ4n) is 1.34. The topological polar surface area (TPSA) is 0 Å². The molecule has 1 atom stereocenters. The molecule has 0 saturated heterocycles. The molecular formula is C12H15Zr. The van der Waals surface area contributed by atoms with Crippen molar-refractivity contribution < 1.29 is 26.2 Å². The zero-order chi connectivity index (χ0) is 6.97. The van der Waals surface area contributed by atoms with Crippen molar-refractivity contribution in [2.45, 2.75) is 12.8 Å². The van der Waals surface area contributed by atoms with Crippen molar-refractivity contribution in [3.05, 3.63) is 56.3 Å². The van der Waals surface area contributed by atoms with E-state index in [0.29, 0.717) is 5.92 Å². The Kier molecular flexibility index (Phi) is 7.45. The molecule has 1 aromatic rings. The number of rotatable bonds is 0. The van der Waals surface area contributed by atoms with Gasteiger partial charge in [0.2, 0.25) is 0 Å². The molecule has 13 heavy (non-hydrogen) atoms. The minimum atomic E-state index is 0. The number of hydrogen-bond acceptors (Lipinski definition) is 0. The Morgan fingerprint density at radius 1 is 1.15 bits per heavy atom. The average Bonchev–Trinajstić information content (AvgIpc) is 2.34. The third-order valence-corrected chi connectivity index (χ3v) is 1.95. The summed E-state index contributed by atoms with van der Waals surface area (Å²) >= 11 is 0. The molecule has 1 aliphatic carbocycles. The molecule has 0 aliphatic heterocycles. The molecule has 1 aliphatic rings. The van der Waals surface area contributed by atoms with Gasteiger partial charge < -0.3 is 14.9 Å². The Bertz CT molecular complexity index is 276. The maximum atomic E-state index is 3.26. The first kappa shape index (κ1) is 15.3. The Labute approximate surface area is 101 Å². The number of allylic oxidation sites excluding steroid dienone is 1. The Morgan fingerprint density at radius 2 is 1.77 bits per heavy atom. The summed E-state index contributed by atoms with van der Waals surface area (Å²) in [6, 6.07) is 8.44. The summed E-state index contributed by atoms with van der Waals surface area (Å²) < 4.78 is 0. The van der Waals surface area contributed by atoms with E-state index < -0.39 is 0 Å². The van der Waals surface area contributed by atoms with Gasteiger partial charge in [0, 0.05) is 0 Å². The SMILES string of the molecule is CC1[C-]=Cc2ccccc21.[CH3-].[CH3-].[Zr+3]. The van der Waals surface area contributed by atoms with Crippen LogP contribution in [0.2, 0.25) is 0 Å². The van der Waals surface area contributed by atoms with Gasteiger partial charge in [-0.3, -0.25) is 6.08 Å². The first-order chi connectivity index (χ1) is 4.88. The largest absolute Gasteiger partial charge is 3.00 e. The van der Waals surface area contributed by atoms with E-state index >= 15 is 0 Å². The fourth-order valence-corrected chi connectivity index (χ4v) is 1.34. The summed E-state index contributed by atoms with van der Waals surface area (Å²) in [6.07, 6.45) is 5.33. The third kappa shape index (κ3) is 2.91. The summed E-state index contributed by atoms with van der Waals surface area (Å²) in [5, 5.41) is 0. The molecule has 0 bridgehead atoms. The number of benzene rings is 1. The molecule has 0 fully saturated rings. The van der Waals surface area contributed by atoms with Crippen molar-refractivity contribution in [2.75, 3.05) is 0 Å². The minimum absolute atomic E-state index is 0. The van der Waals surface area contributed by atoms with Crippen LogP contribution in [0.3, 0.4) is 0 Å². The van der Waals surface area contributed by atoms with Crippen LogP contribution in [0.25, 0.3) is 6.08 Å². The number of fused-ring (bicyclic) bond motifs is 1. The van der Waals surface area contributed by atoms with Crippen LogP contribution in [-0.2, 0) is 26.2 Å². The van der Waals surface area contributed by atoms with Gasteiger partial charge in [-0.15, -0.1) is 11.6 Å². The predicted octanol–water partition coefficient (Wildman–Crippen LogP) is 3.52. The second kappa shape index (κ2) is 6.32. The Balaban J connectivity index is 0. The van der Waals surface area contributed by atoms with Crippen molar-refractivity contribution in [2.24, 2.45) is 0 Å². The van der Waals surface area contributed by atoms with E-state index in [-0.39, 0.29) is 41.1 Å². The van der Waals surface area contributed by atoms with Crippen molar-refractivity contribution in [1.82, 2.24) is 0 Å². The van der Waals surface area contributed by atoms with E-state index in [9.17, 15) is 0 Å². The van der Waals surface area contributed by atoms with E-state index in [1.165, 1.54) is 11.1 Å². The van der Waals surface area contributed by atoms with E-state index in [4.69, 9.17) is 0 Å². The van der Waals surface area contributed by atoms with Gasteiger partial charge in [-0.2, -0.15) is 5.56 Å². The van der Waals surface area contributed by atoms with Crippen molar-refractivity contribution in [3.8, 4) is 0 Å². The molecule has 1 radical (unpaired) electrons. The van der Waals surface area contributed by atoms with Crippen LogP contribution in [0.5, 0.6) is 0 Å². The van der Waals surface area contributed by atoms with Crippen molar-refractivity contribution in [3.63, 3.8) is 0 Å². The molecule has 0 nitrogen and oxygen atoms in total. The summed E-state index contributed by atoms with van der Waals surface area (Å²) in [5.41, 5.74) is 2.73. The molecule has 0 spiro atoms. The van der Waals surface area contributed by atoms with Crippen LogP contribution in [-0.4, -0.2) is 0 Å². The quantitative estimate of drug-likeness (QED) is 0.618. The zero-order valence-corrected chi connectivity index (χ0v) is 10.9. The maximum absolute atomic E-state index is 3.26. The van der Waals surface area contributed by atoms with Crippen molar-refractivity contribution in [1.29, 1.82) is 0 Å². The molecule has 1 aromatic carbocycles. The third-order valence-electron chi connectivity index (χ3n) is 1.95. The molecule has 1 unspecified atom stereocenters. The molecule has 0 N–H and O–H groups in total. The standard InChI is InChI=1S/C10H9.2CH3.Zr/c1-8-6-7-9-4-2-3-5-10(8)9;;;/h2-5,7-8H,1H3;2*1H3;/q3*-1;+3. The second-order valence-corrected chi connectivity index (χ2v) is 2.66. The van der Waals surface area contributed by atoms with E-state index in [1.807, 2.05) is 0 Å². The van der Waals surface area contributed by atoms with Gasteiger partial charge >= 0.3 is 26.2 Å². The molecule has 0 saturated carbocycles. The van der Waals surface area contributed by atoms with E-state index in [0.717, 1.165) is 0 Å². The average molecular weight is 250 g/mol. The molecule has 0 heterocycles. The molecule has 0 aromatic heterocycles. The summed E-state index contributed by atoms with van der Waals surface area (Å²) in [4.78, 5) is 0. The van der Waals surface area contributed by atoms with Gasteiger partial charge in [-0.1, -0.05) is 31.0 Å². The van der Waals surface area contributed by atoms with E-state index in [1.54, 1.807) is 0 Å². The van der Waals surface area contributed by atoms with Crippen LogP contribution in [0, 0.1) is 20.9 Å². The zero-order valence-electron chi connectivity index (χ0n) is 8.46. The van der Waals surface area contributed by atoms with Gasteiger partial charge in [-0.05, 0) is 0 Å². The van der Waals surface area contributed by atoms with Gasteiger partial charge in [-0.25, -0.2) is 6.08 Å². The minimum Gasteiger partial charge on any atom is -0.358 e. The summed E-state index contributed by atoms with van der Waals surface area (Å²) in [7, 11) is 0. The Morgan fingerprint density at radius 3 is 2.38 bits per heavy atom.